The third kappa shape index (κ3) is 3.05. The average Bonchev–Trinajstić information content (AvgIpc) is 2.57. The second kappa shape index (κ2) is 6.57. The molecular formula is C19H25NO2. The molecule has 1 fully saturated rings. The minimum Gasteiger partial charge on any atom is -0.501 e. The maximum atomic E-state index is 5.44. The molecule has 3 rings (SSSR count). The van der Waals surface area contributed by atoms with E-state index in [0.29, 0.717) is 12.0 Å². The number of likely N-dealkylation sites (tertiary alicyclic amines) is 1. The third-order valence-electron chi connectivity index (χ3n) is 4.98. The molecule has 0 saturated carbocycles. The maximum absolute atomic E-state index is 5.44. The smallest absolute Gasteiger partial charge is 0.118 e. The van der Waals surface area contributed by atoms with E-state index in [-0.39, 0.29) is 0 Å². The van der Waals surface area contributed by atoms with Crippen LogP contribution in [0.2, 0.25) is 0 Å². The van der Waals surface area contributed by atoms with Crippen molar-refractivity contribution < 1.29 is 9.47 Å². The van der Waals surface area contributed by atoms with Crippen LogP contribution in [0, 0.1) is 5.92 Å². The van der Waals surface area contributed by atoms with Crippen LogP contribution in [0.25, 0.3) is 0 Å². The zero-order chi connectivity index (χ0) is 15.5. The molecule has 0 bridgehead atoms. The Labute approximate surface area is 133 Å². The molecule has 118 valence electrons. The van der Waals surface area contributed by atoms with Gasteiger partial charge in [-0.15, -0.1) is 0 Å². The van der Waals surface area contributed by atoms with Gasteiger partial charge in [0.25, 0.3) is 0 Å². The summed E-state index contributed by atoms with van der Waals surface area (Å²) in [5.41, 5.74) is 2.92. The molecule has 1 saturated heterocycles. The largest absolute Gasteiger partial charge is 0.501 e. The number of rotatable bonds is 4. The van der Waals surface area contributed by atoms with Gasteiger partial charge in [0, 0.05) is 12.5 Å². The summed E-state index contributed by atoms with van der Waals surface area (Å²) in [5.74, 6) is 2.67. The monoisotopic (exact) mass is 299 g/mol. The Balaban J connectivity index is 1.80. The van der Waals surface area contributed by atoms with Gasteiger partial charge < -0.3 is 9.47 Å². The van der Waals surface area contributed by atoms with E-state index in [1.54, 1.807) is 19.8 Å². The van der Waals surface area contributed by atoms with Gasteiger partial charge in [-0.25, -0.2) is 0 Å². The van der Waals surface area contributed by atoms with Crippen molar-refractivity contribution in [2.24, 2.45) is 5.92 Å². The fourth-order valence-electron chi connectivity index (χ4n) is 3.59. The normalized spacial score (nSPS) is 25.0. The van der Waals surface area contributed by atoms with Crippen LogP contribution in [0.1, 0.15) is 18.4 Å². The highest BCUT2D eigenvalue weighted by Crippen LogP contribution is 2.36. The van der Waals surface area contributed by atoms with Crippen LogP contribution in [0.15, 0.2) is 47.7 Å². The molecule has 1 aliphatic heterocycles. The summed E-state index contributed by atoms with van der Waals surface area (Å²) in [6.45, 7) is 1.15. The summed E-state index contributed by atoms with van der Waals surface area (Å²) in [4.78, 5) is 2.48. The van der Waals surface area contributed by atoms with Crippen molar-refractivity contribution in [2.45, 2.75) is 25.3 Å². The summed E-state index contributed by atoms with van der Waals surface area (Å²) in [5, 5.41) is 0. The molecular weight excluding hydrogens is 274 g/mol. The fraction of sp³-hybridized carbons (Fsp3) is 0.474. The third-order valence-corrected chi connectivity index (χ3v) is 4.98. The second-order valence-electron chi connectivity index (χ2n) is 6.24. The van der Waals surface area contributed by atoms with Crippen LogP contribution in [0.3, 0.4) is 0 Å². The molecule has 1 heterocycles. The number of hydrogen-bond donors (Lipinski definition) is 0. The van der Waals surface area contributed by atoms with Gasteiger partial charge in [-0.2, -0.15) is 0 Å². The molecule has 1 aliphatic carbocycles. The van der Waals surface area contributed by atoms with E-state index in [2.05, 4.69) is 36.2 Å². The summed E-state index contributed by atoms with van der Waals surface area (Å²) in [6, 6.07) is 8.94. The molecule has 3 nitrogen and oxygen atoms in total. The minimum atomic E-state index is 0.488. The first kappa shape index (κ1) is 15.2. The summed E-state index contributed by atoms with van der Waals surface area (Å²) < 4.78 is 10.7. The standard InChI is InChI=1S/C19H25NO2/c1-20-11-10-15-13-17(22-3)8-9-18(15)19(20)12-14-4-6-16(21-2)7-5-14/h4-9,15,19H,10-13H2,1-3H3/t15-,19-/m1/s1. The molecule has 1 aromatic carbocycles. The number of allylic oxidation sites excluding steroid dienone is 3. The molecule has 2 atom stereocenters. The van der Waals surface area contributed by atoms with Crippen molar-refractivity contribution in [3.05, 3.63) is 53.3 Å². The molecule has 0 N–H and O–H groups in total. The van der Waals surface area contributed by atoms with Crippen molar-refractivity contribution in [3.8, 4) is 5.75 Å². The number of methoxy groups -OCH3 is 2. The van der Waals surface area contributed by atoms with Crippen LogP contribution < -0.4 is 4.74 Å². The fourth-order valence-corrected chi connectivity index (χ4v) is 3.59. The summed E-state index contributed by atoms with van der Waals surface area (Å²) >= 11 is 0. The minimum absolute atomic E-state index is 0.488. The molecule has 0 radical (unpaired) electrons. The van der Waals surface area contributed by atoms with E-state index in [4.69, 9.17) is 9.47 Å². The van der Waals surface area contributed by atoms with Gasteiger partial charge in [-0.05, 0) is 61.7 Å². The highest BCUT2D eigenvalue weighted by molar-refractivity contribution is 5.33. The van der Waals surface area contributed by atoms with Crippen molar-refractivity contribution in [1.29, 1.82) is 0 Å². The van der Waals surface area contributed by atoms with E-state index in [1.807, 2.05) is 12.1 Å². The Morgan fingerprint density at radius 1 is 1.09 bits per heavy atom. The molecule has 2 aliphatic rings. The van der Waals surface area contributed by atoms with Crippen LogP contribution in [0.5, 0.6) is 5.75 Å². The quantitative estimate of drug-likeness (QED) is 0.850. The number of likely N-dealkylation sites (N-methyl/N-ethyl adjacent to an activating group) is 1. The van der Waals surface area contributed by atoms with Crippen molar-refractivity contribution >= 4 is 0 Å². The van der Waals surface area contributed by atoms with E-state index in [0.717, 1.165) is 30.9 Å². The Kier molecular flexibility index (Phi) is 4.53. The lowest BCUT2D eigenvalue weighted by molar-refractivity contribution is 0.182. The lowest BCUT2D eigenvalue weighted by atomic mass is 9.78. The number of benzene rings is 1. The van der Waals surface area contributed by atoms with Gasteiger partial charge in [-0.3, -0.25) is 4.90 Å². The van der Waals surface area contributed by atoms with Crippen LogP contribution >= 0.6 is 0 Å². The van der Waals surface area contributed by atoms with E-state index < -0.39 is 0 Å². The lowest BCUT2D eigenvalue weighted by Crippen LogP contribution is -2.43. The number of piperidine rings is 1. The van der Waals surface area contributed by atoms with Crippen LogP contribution in [-0.4, -0.2) is 38.8 Å². The molecule has 0 unspecified atom stereocenters. The highest BCUT2D eigenvalue weighted by atomic mass is 16.5. The first-order valence-electron chi connectivity index (χ1n) is 7.99. The first-order chi connectivity index (χ1) is 10.7. The molecule has 1 aromatic rings. The Morgan fingerprint density at radius 2 is 1.86 bits per heavy atom. The maximum Gasteiger partial charge on any atom is 0.118 e. The van der Waals surface area contributed by atoms with Gasteiger partial charge in [0.1, 0.15) is 5.75 Å². The number of hydrogen-bond acceptors (Lipinski definition) is 3. The van der Waals surface area contributed by atoms with Gasteiger partial charge in [-0.1, -0.05) is 18.2 Å². The topological polar surface area (TPSA) is 21.7 Å². The molecule has 0 aromatic heterocycles. The Morgan fingerprint density at radius 3 is 2.55 bits per heavy atom. The Bertz CT molecular complexity index is 574. The van der Waals surface area contributed by atoms with Crippen molar-refractivity contribution in [2.75, 3.05) is 27.8 Å². The number of fused-ring (bicyclic) bond motifs is 1. The number of ether oxygens (including phenoxy) is 2. The second-order valence-corrected chi connectivity index (χ2v) is 6.24. The van der Waals surface area contributed by atoms with Gasteiger partial charge in [0.2, 0.25) is 0 Å². The molecule has 0 spiro atoms. The number of nitrogens with zero attached hydrogens (tertiary/aromatic N) is 1. The first-order valence-corrected chi connectivity index (χ1v) is 7.99. The van der Waals surface area contributed by atoms with Crippen LogP contribution in [-0.2, 0) is 11.2 Å². The van der Waals surface area contributed by atoms with Crippen LogP contribution in [0.4, 0.5) is 0 Å². The Hall–Kier alpha value is -1.74. The van der Waals surface area contributed by atoms with Gasteiger partial charge in [0.15, 0.2) is 0 Å². The SMILES string of the molecule is COC1=CC=C2[C@H](CCN(C)[C@@H]2Cc2ccc(OC)cc2)C1. The predicted octanol–water partition coefficient (Wildman–Crippen LogP) is 3.42. The highest BCUT2D eigenvalue weighted by Gasteiger charge is 2.33. The summed E-state index contributed by atoms with van der Waals surface area (Å²) in [6.07, 6.45) is 7.76. The predicted molar refractivity (Wildman–Crippen MR) is 89.0 cm³/mol. The van der Waals surface area contributed by atoms with E-state index in [9.17, 15) is 0 Å². The molecule has 3 heteroatoms. The zero-order valence-electron chi connectivity index (χ0n) is 13.7. The van der Waals surface area contributed by atoms with Crippen molar-refractivity contribution in [1.82, 2.24) is 4.90 Å². The van der Waals surface area contributed by atoms with Gasteiger partial charge in [0.05, 0.1) is 20.0 Å². The zero-order valence-corrected chi connectivity index (χ0v) is 13.7. The van der Waals surface area contributed by atoms with E-state index >= 15 is 0 Å². The average molecular weight is 299 g/mol. The lowest BCUT2D eigenvalue weighted by Gasteiger charge is -2.41. The van der Waals surface area contributed by atoms with Gasteiger partial charge >= 0.3 is 0 Å². The molecule has 0 amide bonds. The summed E-state index contributed by atoms with van der Waals surface area (Å²) in [7, 11) is 5.72. The van der Waals surface area contributed by atoms with Crippen molar-refractivity contribution in [3.63, 3.8) is 0 Å². The molecule has 22 heavy (non-hydrogen) atoms. The van der Waals surface area contributed by atoms with E-state index in [1.165, 1.54) is 12.0 Å².